The van der Waals surface area contributed by atoms with Gasteiger partial charge in [-0.25, -0.2) is 0 Å². The zero-order chi connectivity index (χ0) is 13.7. The summed E-state index contributed by atoms with van der Waals surface area (Å²) in [7, 11) is 0. The number of halogens is 2. The maximum Gasteiger partial charge on any atom is 0.138 e. The molecule has 0 aromatic heterocycles. The smallest absolute Gasteiger partial charge is 0.138 e. The van der Waals surface area contributed by atoms with Gasteiger partial charge in [0.2, 0.25) is 0 Å². The summed E-state index contributed by atoms with van der Waals surface area (Å²) in [4.78, 5) is 0. The van der Waals surface area contributed by atoms with E-state index in [2.05, 4.69) is 37.9 Å². The van der Waals surface area contributed by atoms with E-state index in [1.165, 1.54) is 0 Å². The molecule has 0 N–H and O–H groups in total. The molecule has 2 aromatic carbocycles. The van der Waals surface area contributed by atoms with Crippen LogP contribution < -0.4 is 4.74 Å². The van der Waals surface area contributed by atoms with Gasteiger partial charge >= 0.3 is 0 Å². The Hall–Kier alpha value is -1.31. The van der Waals surface area contributed by atoms with Crippen molar-refractivity contribution in [2.24, 2.45) is 0 Å². The number of benzene rings is 2. The van der Waals surface area contributed by atoms with Gasteiger partial charge in [-0.3, -0.25) is 0 Å². The lowest BCUT2D eigenvalue weighted by atomic mass is 10.1. The third kappa shape index (κ3) is 3.59. The predicted octanol–water partition coefficient (Wildman–Crippen LogP) is 4.79. The number of para-hydroxylation sites is 1. The average molecular weight is 381 g/mol. The average Bonchev–Trinajstić information content (AvgIpc) is 2.46. The molecule has 0 heterocycles. The van der Waals surface area contributed by atoms with E-state index in [-0.39, 0.29) is 0 Å². The fraction of sp³-hybridized carbons (Fsp3) is 0.133. The van der Waals surface area contributed by atoms with Crippen LogP contribution in [0.5, 0.6) is 5.75 Å². The molecular weight excluding hydrogens is 370 g/mol. The van der Waals surface area contributed by atoms with E-state index in [1.54, 1.807) is 6.07 Å². The van der Waals surface area contributed by atoms with E-state index >= 15 is 0 Å². The molecule has 0 spiro atoms. The summed E-state index contributed by atoms with van der Waals surface area (Å²) in [6.45, 7) is 0.443. The molecule has 2 aromatic rings. The van der Waals surface area contributed by atoms with Gasteiger partial charge < -0.3 is 4.74 Å². The van der Waals surface area contributed by atoms with Crippen molar-refractivity contribution in [2.75, 3.05) is 0 Å². The maximum absolute atomic E-state index is 8.87. The highest BCUT2D eigenvalue weighted by Crippen LogP contribution is 2.31. The Kier molecular flexibility index (Phi) is 5.00. The first kappa shape index (κ1) is 14.1. The zero-order valence-corrected chi connectivity index (χ0v) is 13.2. The molecule has 0 amide bonds. The number of nitrogens with zero attached hydrogens (tertiary/aromatic N) is 1. The number of ether oxygens (including phenoxy) is 1. The van der Waals surface area contributed by atoms with E-state index in [0.29, 0.717) is 12.2 Å². The monoisotopic (exact) mass is 379 g/mol. The van der Waals surface area contributed by atoms with Crippen molar-refractivity contribution in [1.29, 1.82) is 5.26 Å². The first-order valence-electron chi connectivity index (χ1n) is 5.70. The van der Waals surface area contributed by atoms with Gasteiger partial charge in [0.05, 0.1) is 16.1 Å². The Morgan fingerprint density at radius 1 is 1.16 bits per heavy atom. The van der Waals surface area contributed by atoms with E-state index in [4.69, 9.17) is 10.00 Å². The third-order valence-corrected chi connectivity index (χ3v) is 3.86. The number of alkyl halides is 1. The highest BCUT2D eigenvalue weighted by Gasteiger charge is 2.07. The summed E-state index contributed by atoms with van der Waals surface area (Å²) >= 11 is 6.94. The summed E-state index contributed by atoms with van der Waals surface area (Å²) in [5, 5.41) is 9.61. The predicted molar refractivity (Wildman–Crippen MR) is 82.3 cm³/mol. The molecule has 0 aliphatic carbocycles. The molecule has 0 atom stereocenters. The van der Waals surface area contributed by atoms with Crippen molar-refractivity contribution in [2.45, 2.75) is 11.9 Å². The van der Waals surface area contributed by atoms with E-state index < -0.39 is 0 Å². The number of nitriles is 1. The first-order chi connectivity index (χ1) is 9.24. The lowest BCUT2D eigenvalue weighted by Gasteiger charge is -2.12. The van der Waals surface area contributed by atoms with Crippen LogP contribution in [0.3, 0.4) is 0 Å². The molecule has 0 bridgehead atoms. The maximum atomic E-state index is 8.87. The fourth-order valence-corrected chi connectivity index (χ4v) is 2.67. The van der Waals surface area contributed by atoms with Crippen LogP contribution in [0.1, 0.15) is 16.7 Å². The van der Waals surface area contributed by atoms with Crippen molar-refractivity contribution in [1.82, 2.24) is 0 Å². The minimum atomic E-state index is 0.443. The molecule has 0 saturated heterocycles. The van der Waals surface area contributed by atoms with Crippen molar-refractivity contribution >= 4 is 31.9 Å². The molecule has 0 aliphatic rings. The fourth-order valence-electron chi connectivity index (χ4n) is 1.71. The molecule has 0 radical (unpaired) electrons. The van der Waals surface area contributed by atoms with Crippen LogP contribution in [0.15, 0.2) is 46.9 Å². The van der Waals surface area contributed by atoms with Crippen LogP contribution in [0, 0.1) is 11.3 Å². The molecule has 0 aliphatic heterocycles. The summed E-state index contributed by atoms with van der Waals surface area (Å²) in [6, 6.07) is 15.5. The second kappa shape index (κ2) is 6.74. The van der Waals surface area contributed by atoms with Gasteiger partial charge in [0.1, 0.15) is 12.4 Å². The number of hydrogen-bond donors (Lipinski definition) is 0. The second-order valence-corrected chi connectivity index (χ2v) is 5.38. The van der Waals surface area contributed by atoms with Crippen molar-refractivity contribution in [3.8, 4) is 11.8 Å². The molecular formula is C15H11Br2NO. The summed E-state index contributed by atoms with van der Waals surface area (Å²) < 4.78 is 6.79. The summed E-state index contributed by atoms with van der Waals surface area (Å²) in [5.41, 5.74) is 2.72. The lowest BCUT2D eigenvalue weighted by Crippen LogP contribution is -1.99. The van der Waals surface area contributed by atoms with Crippen LogP contribution in [0.4, 0.5) is 0 Å². The highest BCUT2D eigenvalue weighted by atomic mass is 79.9. The summed E-state index contributed by atoms with van der Waals surface area (Å²) in [6.07, 6.45) is 0. The van der Waals surface area contributed by atoms with Crippen LogP contribution in [-0.4, -0.2) is 0 Å². The van der Waals surface area contributed by atoms with Gasteiger partial charge in [-0.15, -0.1) is 0 Å². The lowest BCUT2D eigenvalue weighted by molar-refractivity contribution is 0.302. The molecule has 0 fully saturated rings. The Balaban J connectivity index is 2.17. The molecule has 96 valence electrons. The molecule has 2 nitrogen and oxygen atoms in total. The largest absolute Gasteiger partial charge is 0.487 e. The SMILES string of the molecule is N#Cc1cccc(COc2c(Br)cccc2CBr)c1. The van der Waals surface area contributed by atoms with Gasteiger partial charge in [0.25, 0.3) is 0 Å². The molecule has 4 heteroatoms. The van der Waals surface area contributed by atoms with Gasteiger partial charge in [0.15, 0.2) is 0 Å². The second-order valence-electron chi connectivity index (χ2n) is 3.96. The van der Waals surface area contributed by atoms with Crippen molar-refractivity contribution in [3.63, 3.8) is 0 Å². The van der Waals surface area contributed by atoms with E-state index in [9.17, 15) is 0 Å². The minimum absolute atomic E-state index is 0.443. The topological polar surface area (TPSA) is 33.0 Å². The summed E-state index contributed by atoms with van der Waals surface area (Å²) in [5.74, 6) is 0.835. The Bertz CT molecular complexity index is 620. The zero-order valence-electron chi connectivity index (χ0n) is 10.1. The van der Waals surface area contributed by atoms with Gasteiger partial charge in [-0.2, -0.15) is 5.26 Å². The highest BCUT2D eigenvalue weighted by molar-refractivity contribution is 9.10. The van der Waals surface area contributed by atoms with Crippen LogP contribution in [0.2, 0.25) is 0 Å². The molecule has 0 unspecified atom stereocenters. The first-order valence-corrected chi connectivity index (χ1v) is 7.61. The van der Waals surface area contributed by atoms with Crippen molar-refractivity contribution in [3.05, 3.63) is 63.6 Å². The van der Waals surface area contributed by atoms with Crippen LogP contribution >= 0.6 is 31.9 Å². The number of rotatable bonds is 4. The molecule has 0 saturated carbocycles. The Morgan fingerprint density at radius 2 is 1.95 bits per heavy atom. The Morgan fingerprint density at radius 3 is 2.68 bits per heavy atom. The molecule has 19 heavy (non-hydrogen) atoms. The van der Waals surface area contributed by atoms with Gasteiger partial charge in [0, 0.05) is 10.9 Å². The van der Waals surface area contributed by atoms with Gasteiger partial charge in [-0.05, 0) is 39.7 Å². The standard InChI is InChI=1S/C15H11Br2NO/c16-8-13-5-2-6-14(17)15(13)19-10-12-4-1-3-11(7-12)9-18/h1-7H,8,10H2. The van der Waals surface area contributed by atoms with E-state index in [0.717, 1.165) is 26.7 Å². The van der Waals surface area contributed by atoms with Gasteiger partial charge in [-0.1, -0.05) is 40.2 Å². The van der Waals surface area contributed by atoms with E-state index in [1.807, 2.05) is 36.4 Å². The minimum Gasteiger partial charge on any atom is -0.487 e. The van der Waals surface area contributed by atoms with Crippen LogP contribution in [0.25, 0.3) is 0 Å². The van der Waals surface area contributed by atoms with Crippen molar-refractivity contribution < 1.29 is 4.74 Å². The normalized spacial score (nSPS) is 9.95. The number of hydrogen-bond acceptors (Lipinski definition) is 2. The quantitative estimate of drug-likeness (QED) is 0.714. The third-order valence-electron chi connectivity index (χ3n) is 2.63. The Labute approximate surface area is 129 Å². The molecule has 2 rings (SSSR count). The van der Waals surface area contributed by atoms with Crippen LogP contribution in [-0.2, 0) is 11.9 Å².